The maximum atomic E-state index is 11.8. The number of anilines is 2. The molecule has 104 valence electrons. The van der Waals surface area contributed by atoms with Crippen molar-refractivity contribution in [2.45, 2.75) is 45.2 Å². The molecule has 19 heavy (non-hydrogen) atoms. The van der Waals surface area contributed by atoms with Gasteiger partial charge in [-0.05, 0) is 19.8 Å². The number of carbonyl (C=O) groups excluding carboxylic acids is 1. The molecule has 1 aromatic rings. The largest absolute Gasteiger partial charge is 0.358 e. The summed E-state index contributed by atoms with van der Waals surface area (Å²) in [4.78, 5) is 20.4. The van der Waals surface area contributed by atoms with Gasteiger partial charge in [0.05, 0.1) is 0 Å². The van der Waals surface area contributed by atoms with Gasteiger partial charge < -0.3 is 16.1 Å². The maximum Gasteiger partial charge on any atom is 0.242 e. The average molecular weight is 264 g/mol. The lowest BCUT2D eigenvalue weighted by atomic mass is 10.3. The Labute approximate surface area is 112 Å². The number of amides is 1. The van der Waals surface area contributed by atoms with E-state index in [0.717, 1.165) is 12.8 Å². The van der Waals surface area contributed by atoms with Crippen molar-refractivity contribution in [1.82, 2.24) is 15.3 Å². The maximum absolute atomic E-state index is 11.8. The Morgan fingerprint density at radius 1 is 1.47 bits per heavy atom. The van der Waals surface area contributed by atoms with E-state index in [4.69, 9.17) is 5.84 Å². The van der Waals surface area contributed by atoms with Crippen LogP contribution < -0.4 is 21.9 Å². The average Bonchev–Trinajstić information content (AvgIpc) is 3.21. The summed E-state index contributed by atoms with van der Waals surface area (Å²) in [6.45, 7) is 3.77. The Balaban J connectivity index is 2.01. The van der Waals surface area contributed by atoms with Crippen molar-refractivity contribution in [3.8, 4) is 0 Å². The molecule has 1 amide bonds. The molecule has 0 saturated heterocycles. The van der Waals surface area contributed by atoms with Gasteiger partial charge in [0.1, 0.15) is 23.5 Å². The molecule has 2 rings (SSSR count). The topological polar surface area (TPSA) is 105 Å². The molecule has 1 saturated carbocycles. The highest BCUT2D eigenvalue weighted by molar-refractivity contribution is 5.84. The fraction of sp³-hybridized carbons (Fsp3) is 0.583. The third kappa shape index (κ3) is 3.78. The molecule has 0 aliphatic heterocycles. The van der Waals surface area contributed by atoms with Gasteiger partial charge in [-0.25, -0.2) is 15.8 Å². The minimum absolute atomic E-state index is 0.0126. The van der Waals surface area contributed by atoms with Gasteiger partial charge in [-0.2, -0.15) is 0 Å². The first-order valence-corrected chi connectivity index (χ1v) is 6.54. The zero-order valence-corrected chi connectivity index (χ0v) is 11.2. The van der Waals surface area contributed by atoms with Crippen LogP contribution in [0.4, 0.5) is 11.6 Å². The van der Waals surface area contributed by atoms with E-state index in [1.807, 2.05) is 6.92 Å². The SMILES string of the molecule is CCc1nc(NN)cc(NC(C)C(=O)NC2CC2)n1. The smallest absolute Gasteiger partial charge is 0.242 e. The highest BCUT2D eigenvalue weighted by Crippen LogP contribution is 2.19. The minimum atomic E-state index is -0.342. The van der Waals surface area contributed by atoms with Crippen LogP contribution in [0.2, 0.25) is 0 Å². The number of nitrogens with two attached hydrogens (primary N) is 1. The van der Waals surface area contributed by atoms with Crippen LogP contribution in [-0.4, -0.2) is 28.0 Å². The number of hydrogen-bond acceptors (Lipinski definition) is 6. The van der Waals surface area contributed by atoms with Crippen LogP contribution in [-0.2, 0) is 11.2 Å². The predicted molar refractivity (Wildman–Crippen MR) is 73.5 cm³/mol. The van der Waals surface area contributed by atoms with E-state index in [0.29, 0.717) is 29.9 Å². The van der Waals surface area contributed by atoms with Crippen molar-refractivity contribution in [1.29, 1.82) is 0 Å². The van der Waals surface area contributed by atoms with E-state index < -0.39 is 0 Å². The third-order valence-electron chi connectivity index (χ3n) is 2.92. The highest BCUT2D eigenvalue weighted by atomic mass is 16.2. The minimum Gasteiger partial charge on any atom is -0.358 e. The van der Waals surface area contributed by atoms with E-state index in [2.05, 4.69) is 26.0 Å². The fourth-order valence-corrected chi connectivity index (χ4v) is 1.64. The number of rotatable bonds is 6. The summed E-state index contributed by atoms with van der Waals surface area (Å²) in [5.74, 6) is 7.15. The molecule has 1 aliphatic carbocycles. The third-order valence-corrected chi connectivity index (χ3v) is 2.92. The van der Waals surface area contributed by atoms with Crippen LogP contribution in [0, 0.1) is 0 Å². The van der Waals surface area contributed by atoms with Crippen molar-refractivity contribution in [3.63, 3.8) is 0 Å². The first-order chi connectivity index (χ1) is 9.12. The molecule has 0 spiro atoms. The molecule has 1 atom stereocenters. The monoisotopic (exact) mass is 264 g/mol. The second kappa shape index (κ2) is 5.83. The van der Waals surface area contributed by atoms with Gasteiger partial charge in [-0.3, -0.25) is 4.79 Å². The van der Waals surface area contributed by atoms with Gasteiger partial charge >= 0.3 is 0 Å². The Bertz CT molecular complexity index is 437. The molecule has 1 aromatic heterocycles. The van der Waals surface area contributed by atoms with Crippen LogP contribution >= 0.6 is 0 Å². The summed E-state index contributed by atoms with van der Waals surface area (Å²) in [7, 11) is 0. The van der Waals surface area contributed by atoms with Crippen molar-refractivity contribution in [2.24, 2.45) is 5.84 Å². The summed E-state index contributed by atoms with van der Waals surface area (Å²) in [6, 6.07) is 1.69. The summed E-state index contributed by atoms with van der Waals surface area (Å²) >= 11 is 0. The van der Waals surface area contributed by atoms with E-state index in [1.54, 1.807) is 13.0 Å². The Morgan fingerprint density at radius 3 is 2.74 bits per heavy atom. The van der Waals surface area contributed by atoms with Crippen molar-refractivity contribution in [3.05, 3.63) is 11.9 Å². The van der Waals surface area contributed by atoms with Crippen LogP contribution in [0.1, 0.15) is 32.5 Å². The number of aromatic nitrogens is 2. The number of nitrogens with one attached hydrogen (secondary N) is 3. The van der Waals surface area contributed by atoms with Crippen molar-refractivity contribution >= 4 is 17.5 Å². The number of nitrogens with zero attached hydrogens (tertiary/aromatic N) is 2. The van der Waals surface area contributed by atoms with Gasteiger partial charge in [-0.1, -0.05) is 6.92 Å². The summed E-state index contributed by atoms with van der Waals surface area (Å²) < 4.78 is 0. The molecule has 0 aromatic carbocycles. The van der Waals surface area contributed by atoms with Gasteiger partial charge in [-0.15, -0.1) is 0 Å². The quantitative estimate of drug-likeness (QED) is 0.438. The van der Waals surface area contributed by atoms with Crippen molar-refractivity contribution in [2.75, 3.05) is 10.7 Å². The normalized spacial score (nSPS) is 15.7. The van der Waals surface area contributed by atoms with Crippen molar-refractivity contribution < 1.29 is 4.79 Å². The summed E-state index contributed by atoms with van der Waals surface area (Å²) in [5.41, 5.74) is 2.50. The number of carbonyl (C=O) groups is 1. The molecular weight excluding hydrogens is 244 g/mol. The first kappa shape index (κ1) is 13.5. The van der Waals surface area contributed by atoms with E-state index in [9.17, 15) is 4.79 Å². The lowest BCUT2D eigenvalue weighted by molar-refractivity contribution is -0.121. The summed E-state index contributed by atoms with van der Waals surface area (Å²) in [5, 5.41) is 6.01. The highest BCUT2D eigenvalue weighted by Gasteiger charge is 2.25. The van der Waals surface area contributed by atoms with Crippen LogP contribution in [0.3, 0.4) is 0 Å². The van der Waals surface area contributed by atoms with E-state index >= 15 is 0 Å². The molecule has 0 bridgehead atoms. The second-order valence-electron chi connectivity index (χ2n) is 4.70. The molecule has 1 fully saturated rings. The van der Waals surface area contributed by atoms with Gasteiger partial charge in [0.2, 0.25) is 5.91 Å². The standard InChI is InChI=1S/C12H20N6O/c1-3-9-16-10(6-11(17-9)18-13)14-7(2)12(19)15-8-4-5-8/h6-8H,3-5,13H2,1-2H3,(H,15,19)(H2,14,16,17,18). The fourth-order valence-electron chi connectivity index (χ4n) is 1.64. The van der Waals surface area contributed by atoms with E-state index in [-0.39, 0.29) is 11.9 Å². The van der Waals surface area contributed by atoms with Gasteiger partial charge in [0, 0.05) is 18.5 Å². The molecule has 5 N–H and O–H groups in total. The zero-order valence-electron chi connectivity index (χ0n) is 11.2. The second-order valence-corrected chi connectivity index (χ2v) is 4.70. The predicted octanol–water partition coefficient (Wildman–Crippen LogP) is 0.404. The zero-order chi connectivity index (χ0) is 13.8. The molecule has 7 nitrogen and oxygen atoms in total. The Hall–Kier alpha value is -1.89. The number of hydrazine groups is 1. The van der Waals surface area contributed by atoms with Crippen LogP contribution in [0.25, 0.3) is 0 Å². The first-order valence-electron chi connectivity index (χ1n) is 6.54. The Kier molecular flexibility index (Phi) is 4.16. The number of nitrogen functional groups attached to an aromatic ring is 1. The van der Waals surface area contributed by atoms with Crippen LogP contribution in [0.15, 0.2) is 6.07 Å². The van der Waals surface area contributed by atoms with Gasteiger partial charge in [0.15, 0.2) is 0 Å². The molecule has 1 heterocycles. The number of hydrogen-bond donors (Lipinski definition) is 4. The van der Waals surface area contributed by atoms with E-state index in [1.165, 1.54) is 0 Å². The summed E-state index contributed by atoms with van der Waals surface area (Å²) in [6.07, 6.45) is 2.85. The lowest BCUT2D eigenvalue weighted by Gasteiger charge is -2.15. The molecule has 1 aliphatic rings. The molecule has 0 radical (unpaired) electrons. The Morgan fingerprint density at radius 2 is 2.16 bits per heavy atom. The van der Waals surface area contributed by atoms with Gasteiger partial charge in [0.25, 0.3) is 0 Å². The molecular formula is C12H20N6O. The molecule has 1 unspecified atom stereocenters. The molecule has 7 heteroatoms. The lowest BCUT2D eigenvalue weighted by Crippen LogP contribution is -2.38. The van der Waals surface area contributed by atoms with Crippen LogP contribution in [0.5, 0.6) is 0 Å². The number of aryl methyl sites for hydroxylation is 1.